The van der Waals surface area contributed by atoms with Crippen LogP contribution in [0.25, 0.3) is 6.08 Å². The molecule has 23 heavy (non-hydrogen) atoms. The number of allylic oxidation sites excluding steroid dienone is 1. The molecule has 0 radical (unpaired) electrons. The van der Waals surface area contributed by atoms with E-state index in [1.54, 1.807) is 0 Å². The summed E-state index contributed by atoms with van der Waals surface area (Å²) in [6, 6.07) is 8.67. The number of ether oxygens (including phenoxy) is 1. The van der Waals surface area contributed by atoms with Crippen molar-refractivity contribution in [3.63, 3.8) is 0 Å². The first-order valence-electron chi connectivity index (χ1n) is 8.62. The Balaban J connectivity index is 1.94. The van der Waals surface area contributed by atoms with Crippen molar-refractivity contribution in [2.75, 3.05) is 5.33 Å². The molecule has 3 atom stereocenters. The van der Waals surface area contributed by atoms with E-state index in [-0.39, 0.29) is 0 Å². The van der Waals surface area contributed by atoms with Gasteiger partial charge in [-0.1, -0.05) is 83.3 Å². The molecule has 0 aromatic heterocycles. The average Bonchev–Trinajstić information content (AvgIpc) is 2.53. The highest BCUT2D eigenvalue weighted by atomic mass is 79.9. The molecule has 3 heteroatoms. The Morgan fingerprint density at radius 3 is 2.57 bits per heavy atom. The third-order valence-corrected chi connectivity index (χ3v) is 6.72. The molecular weight excluding hydrogens is 416 g/mol. The largest absolute Gasteiger partial charge is 0.373 e. The summed E-state index contributed by atoms with van der Waals surface area (Å²) < 4.78 is 7.47. The van der Waals surface area contributed by atoms with E-state index in [0.717, 1.165) is 22.3 Å². The molecule has 1 nitrogen and oxygen atoms in total. The summed E-state index contributed by atoms with van der Waals surface area (Å²) in [5.74, 6) is 2.22. The van der Waals surface area contributed by atoms with Crippen molar-refractivity contribution in [3.05, 3.63) is 39.9 Å². The summed E-state index contributed by atoms with van der Waals surface area (Å²) in [5, 5.41) is 0.842. The molecule has 0 bridgehead atoms. The molecule has 0 saturated heterocycles. The van der Waals surface area contributed by atoms with Crippen LogP contribution < -0.4 is 0 Å². The number of alkyl halides is 1. The summed E-state index contributed by atoms with van der Waals surface area (Å²) in [7, 11) is 0. The van der Waals surface area contributed by atoms with E-state index in [1.807, 2.05) is 0 Å². The zero-order valence-corrected chi connectivity index (χ0v) is 17.6. The molecule has 0 unspecified atom stereocenters. The zero-order valence-electron chi connectivity index (χ0n) is 14.4. The predicted molar refractivity (Wildman–Crippen MR) is 107 cm³/mol. The Bertz CT molecular complexity index is 507. The topological polar surface area (TPSA) is 9.23 Å². The van der Waals surface area contributed by atoms with Crippen LogP contribution in [0.2, 0.25) is 0 Å². The van der Waals surface area contributed by atoms with Gasteiger partial charge in [-0.3, -0.25) is 0 Å². The van der Waals surface area contributed by atoms with Gasteiger partial charge in [0.25, 0.3) is 0 Å². The van der Waals surface area contributed by atoms with Crippen LogP contribution >= 0.6 is 31.9 Å². The highest BCUT2D eigenvalue weighted by Crippen LogP contribution is 2.35. The lowest BCUT2D eigenvalue weighted by atomic mass is 9.75. The predicted octanol–water partition coefficient (Wildman–Crippen LogP) is 6.79. The smallest absolute Gasteiger partial charge is 0.0720 e. The second-order valence-electron chi connectivity index (χ2n) is 7.14. The van der Waals surface area contributed by atoms with Crippen molar-refractivity contribution < 1.29 is 4.74 Å². The Morgan fingerprint density at radius 1 is 1.26 bits per heavy atom. The molecule has 128 valence electrons. The van der Waals surface area contributed by atoms with Crippen molar-refractivity contribution in [1.29, 1.82) is 0 Å². The molecule has 0 N–H and O–H groups in total. The van der Waals surface area contributed by atoms with Gasteiger partial charge in [0.15, 0.2) is 0 Å². The minimum atomic E-state index is 0.417. The summed E-state index contributed by atoms with van der Waals surface area (Å²) >= 11 is 6.97. The SMILES string of the molecule is CC(C)[C@@H]1CC[C@@H](C)C[C@H]1OCc1ccc(/C=C(\Br)CBr)cc1. The molecule has 0 spiro atoms. The maximum absolute atomic E-state index is 6.32. The van der Waals surface area contributed by atoms with Crippen LogP contribution in [-0.4, -0.2) is 11.4 Å². The monoisotopic (exact) mass is 442 g/mol. The van der Waals surface area contributed by atoms with Gasteiger partial charge in [-0.15, -0.1) is 0 Å². The number of halogens is 2. The van der Waals surface area contributed by atoms with E-state index in [1.165, 1.54) is 30.4 Å². The van der Waals surface area contributed by atoms with Crippen molar-refractivity contribution >= 4 is 37.9 Å². The minimum absolute atomic E-state index is 0.417. The van der Waals surface area contributed by atoms with Crippen LogP contribution in [0.3, 0.4) is 0 Å². The van der Waals surface area contributed by atoms with Gasteiger partial charge in [0.1, 0.15) is 0 Å². The summed E-state index contributed by atoms with van der Waals surface area (Å²) in [4.78, 5) is 0. The lowest BCUT2D eigenvalue weighted by Gasteiger charge is -2.37. The Hall–Kier alpha value is -0.120. The maximum atomic E-state index is 6.32. The van der Waals surface area contributed by atoms with Crippen LogP contribution in [0.4, 0.5) is 0 Å². The fraction of sp³-hybridized carbons (Fsp3) is 0.600. The second kappa shape index (κ2) is 9.39. The van der Waals surface area contributed by atoms with Gasteiger partial charge in [-0.25, -0.2) is 0 Å². The number of rotatable bonds is 6. The lowest BCUT2D eigenvalue weighted by Crippen LogP contribution is -2.34. The quantitative estimate of drug-likeness (QED) is 0.439. The summed E-state index contributed by atoms with van der Waals surface area (Å²) in [6.07, 6.45) is 6.43. The molecule has 0 aliphatic heterocycles. The Labute approximate surface area is 158 Å². The summed E-state index contributed by atoms with van der Waals surface area (Å²) in [5.41, 5.74) is 2.48. The highest BCUT2D eigenvalue weighted by molar-refractivity contribution is 9.13. The van der Waals surface area contributed by atoms with Crippen molar-refractivity contribution in [2.45, 2.75) is 52.7 Å². The van der Waals surface area contributed by atoms with Crippen molar-refractivity contribution in [1.82, 2.24) is 0 Å². The number of hydrogen-bond donors (Lipinski definition) is 0. The van der Waals surface area contributed by atoms with Crippen molar-refractivity contribution in [2.24, 2.45) is 17.8 Å². The van der Waals surface area contributed by atoms with Crippen LogP contribution in [-0.2, 0) is 11.3 Å². The van der Waals surface area contributed by atoms with E-state index in [4.69, 9.17) is 4.74 Å². The third-order valence-electron chi connectivity index (χ3n) is 4.86. The van der Waals surface area contributed by atoms with Gasteiger partial charge < -0.3 is 4.74 Å². The van der Waals surface area contributed by atoms with E-state index in [2.05, 4.69) is 83.0 Å². The minimum Gasteiger partial charge on any atom is -0.373 e. The molecule has 1 aromatic rings. The van der Waals surface area contributed by atoms with E-state index < -0.39 is 0 Å². The molecule has 0 heterocycles. The van der Waals surface area contributed by atoms with Gasteiger partial charge in [0.2, 0.25) is 0 Å². The molecular formula is C20H28Br2O. The number of hydrogen-bond acceptors (Lipinski definition) is 1. The maximum Gasteiger partial charge on any atom is 0.0720 e. The van der Waals surface area contributed by atoms with Crippen LogP contribution in [0.5, 0.6) is 0 Å². The van der Waals surface area contributed by atoms with Crippen LogP contribution in [0.1, 0.15) is 51.2 Å². The fourth-order valence-corrected chi connectivity index (χ4v) is 3.87. The van der Waals surface area contributed by atoms with Crippen molar-refractivity contribution in [3.8, 4) is 0 Å². The van der Waals surface area contributed by atoms with Gasteiger partial charge in [0, 0.05) is 9.81 Å². The second-order valence-corrected chi connectivity index (χ2v) is 8.72. The third kappa shape index (κ3) is 6.03. The number of benzene rings is 1. The highest BCUT2D eigenvalue weighted by Gasteiger charge is 2.31. The molecule has 1 fully saturated rings. The average molecular weight is 444 g/mol. The van der Waals surface area contributed by atoms with E-state index in [9.17, 15) is 0 Å². The van der Waals surface area contributed by atoms with Gasteiger partial charge in [-0.05, 0) is 47.8 Å². The Morgan fingerprint density at radius 2 is 1.96 bits per heavy atom. The molecule has 1 saturated carbocycles. The van der Waals surface area contributed by atoms with Gasteiger partial charge in [0.05, 0.1) is 12.7 Å². The van der Waals surface area contributed by atoms with Crippen LogP contribution in [0, 0.1) is 17.8 Å². The fourth-order valence-electron chi connectivity index (χ4n) is 3.44. The Kier molecular flexibility index (Phi) is 7.84. The molecule has 1 aliphatic rings. The molecule has 1 aromatic carbocycles. The first-order chi connectivity index (χ1) is 11.0. The zero-order chi connectivity index (χ0) is 16.8. The van der Waals surface area contributed by atoms with Gasteiger partial charge in [-0.2, -0.15) is 0 Å². The summed E-state index contributed by atoms with van der Waals surface area (Å²) in [6.45, 7) is 7.75. The lowest BCUT2D eigenvalue weighted by molar-refractivity contribution is -0.0472. The first kappa shape index (κ1) is 19.2. The molecule has 0 amide bonds. The van der Waals surface area contributed by atoms with E-state index in [0.29, 0.717) is 17.9 Å². The van der Waals surface area contributed by atoms with Crippen LogP contribution in [0.15, 0.2) is 28.7 Å². The first-order valence-corrected chi connectivity index (χ1v) is 10.5. The van der Waals surface area contributed by atoms with E-state index >= 15 is 0 Å². The van der Waals surface area contributed by atoms with Gasteiger partial charge >= 0.3 is 0 Å². The molecule has 1 aliphatic carbocycles. The normalized spacial score (nSPS) is 25.8. The molecule has 2 rings (SSSR count). The standard InChI is InChI=1S/C20H28Br2O/c1-14(2)19-9-4-15(3)10-20(19)23-13-17-7-5-16(6-8-17)11-18(22)12-21/h5-8,11,14-15,19-20H,4,9-10,12-13H2,1-3H3/b18-11-/t15-,19+,20-/m1/s1.